The molecule has 1 aliphatic rings. The van der Waals surface area contributed by atoms with Crippen molar-refractivity contribution in [1.82, 2.24) is 0 Å². The summed E-state index contributed by atoms with van der Waals surface area (Å²) in [6.45, 7) is 4.41. The Morgan fingerprint density at radius 1 is 1.00 bits per heavy atom. The normalized spacial score (nSPS) is 23.6. The number of aryl methyl sites for hydroxylation is 1. The van der Waals surface area contributed by atoms with Crippen LogP contribution in [0.3, 0.4) is 0 Å². The van der Waals surface area contributed by atoms with Crippen molar-refractivity contribution in [3.8, 4) is 0 Å². The smallest absolute Gasteiger partial charge is 0.310 e. The lowest BCUT2D eigenvalue weighted by atomic mass is 10.0. The van der Waals surface area contributed by atoms with Gasteiger partial charge < -0.3 is 4.74 Å². The van der Waals surface area contributed by atoms with Crippen LogP contribution in [0.5, 0.6) is 0 Å². The molecule has 0 amide bonds. The molecule has 3 rings (SSSR count). The number of carbonyl (C=O) groups is 1. The highest BCUT2D eigenvalue weighted by Crippen LogP contribution is 2.61. The molecule has 2 heteroatoms. The Morgan fingerprint density at radius 3 is 2.33 bits per heavy atom. The molecular weight excluding hydrogens is 260 g/mol. The topological polar surface area (TPSA) is 26.3 Å². The molecule has 3 unspecified atom stereocenters. The fourth-order valence-electron chi connectivity index (χ4n) is 3.28. The first kappa shape index (κ1) is 13.9. The van der Waals surface area contributed by atoms with Crippen molar-refractivity contribution in [2.75, 3.05) is 6.61 Å². The van der Waals surface area contributed by atoms with Crippen molar-refractivity contribution < 1.29 is 9.53 Å². The van der Waals surface area contributed by atoms with Crippen molar-refractivity contribution in [3.63, 3.8) is 0 Å². The van der Waals surface area contributed by atoms with Gasteiger partial charge in [-0.3, -0.25) is 4.79 Å². The van der Waals surface area contributed by atoms with E-state index in [1.807, 2.05) is 37.3 Å². The second-order valence-electron chi connectivity index (χ2n) is 5.60. The van der Waals surface area contributed by atoms with E-state index in [0.717, 1.165) is 0 Å². The van der Waals surface area contributed by atoms with E-state index in [4.69, 9.17) is 4.74 Å². The van der Waals surface area contributed by atoms with Crippen LogP contribution in [0, 0.1) is 12.8 Å². The molecule has 0 heterocycles. The van der Waals surface area contributed by atoms with Crippen LogP contribution in [0.15, 0.2) is 54.6 Å². The maximum Gasteiger partial charge on any atom is 0.310 e. The van der Waals surface area contributed by atoms with E-state index in [2.05, 4.69) is 31.2 Å². The minimum Gasteiger partial charge on any atom is -0.466 e. The van der Waals surface area contributed by atoms with Gasteiger partial charge >= 0.3 is 5.97 Å². The fourth-order valence-corrected chi connectivity index (χ4v) is 3.28. The van der Waals surface area contributed by atoms with Crippen LogP contribution in [0.1, 0.15) is 35.4 Å². The lowest BCUT2D eigenvalue weighted by Gasteiger charge is -2.05. The summed E-state index contributed by atoms with van der Waals surface area (Å²) >= 11 is 0. The molecule has 0 bridgehead atoms. The van der Waals surface area contributed by atoms with Crippen LogP contribution in [-0.4, -0.2) is 12.6 Å². The molecule has 2 nitrogen and oxygen atoms in total. The average molecular weight is 280 g/mol. The minimum atomic E-state index is -0.0698. The third-order valence-corrected chi connectivity index (χ3v) is 4.31. The van der Waals surface area contributed by atoms with Crippen molar-refractivity contribution >= 4 is 5.97 Å². The van der Waals surface area contributed by atoms with Crippen LogP contribution < -0.4 is 0 Å². The molecule has 108 valence electrons. The molecule has 1 aliphatic carbocycles. The predicted octanol–water partition coefficient (Wildman–Crippen LogP) is 4.06. The van der Waals surface area contributed by atoms with Gasteiger partial charge in [0.15, 0.2) is 0 Å². The highest BCUT2D eigenvalue weighted by atomic mass is 16.5. The third-order valence-electron chi connectivity index (χ3n) is 4.31. The van der Waals surface area contributed by atoms with E-state index in [0.29, 0.717) is 6.61 Å². The maximum atomic E-state index is 12.3. The van der Waals surface area contributed by atoms with Crippen LogP contribution in [-0.2, 0) is 9.53 Å². The Balaban J connectivity index is 1.94. The summed E-state index contributed by atoms with van der Waals surface area (Å²) in [6.07, 6.45) is 0. The van der Waals surface area contributed by atoms with Crippen molar-refractivity contribution in [3.05, 3.63) is 71.3 Å². The van der Waals surface area contributed by atoms with Gasteiger partial charge in [-0.25, -0.2) is 0 Å². The minimum absolute atomic E-state index is 0.0477. The molecular formula is C19H20O2. The summed E-state index contributed by atoms with van der Waals surface area (Å²) in [5.74, 6) is 0.368. The lowest BCUT2D eigenvalue weighted by Crippen LogP contribution is -2.08. The molecule has 2 aromatic carbocycles. The molecule has 0 saturated heterocycles. The van der Waals surface area contributed by atoms with Gasteiger partial charge in [0, 0.05) is 11.8 Å². The Hall–Kier alpha value is -2.09. The van der Waals surface area contributed by atoms with Crippen LogP contribution in [0.25, 0.3) is 0 Å². The molecule has 3 atom stereocenters. The van der Waals surface area contributed by atoms with Crippen LogP contribution >= 0.6 is 0 Å². The standard InChI is InChI=1S/C19H20O2/c1-3-21-19(20)18-16(14-10-5-4-6-11-14)17(18)15-12-8-7-9-13(15)2/h4-12,16-18H,3H2,1-2H3. The van der Waals surface area contributed by atoms with E-state index in [9.17, 15) is 4.79 Å². The average Bonchev–Trinajstić information content (AvgIpc) is 3.24. The zero-order valence-electron chi connectivity index (χ0n) is 12.5. The summed E-state index contributed by atoms with van der Waals surface area (Å²) in [7, 11) is 0. The van der Waals surface area contributed by atoms with Gasteiger partial charge in [-0.05, 0) is 30.5 Å². The van der Waals surface area contributed by atoms with E-state index in [-0.39, 0.29) is 23.7 Å². The molecule has 0 aromatic heterocycles. The van der Waals surface area contributed by atoms with Gasteiger partial charge in [-0.15, -0.1) is 0 Å². The SMILES string of the molecule is CCOC(=O)C1C(c2ccccc2)C1c1ccccc1C. The summed E-state index contributed by atoms with van der Waals surface area (Å²) in [4.78, 5) is 12.3. The highest BCUT2D eigenvalue weighted by Gasteiger charge is 2.57. The number of benzene rings is 2. The molecule has 0 radical (unpaired) electrons. The van der Waals surface area contributed by atoms with E-state index >= 15 is 0 Å². The van der Waals surface area contributed by atoms with E-state index in [1.54, 1.807) is 0 Å². The predicted molar refractivity (Wildman–Crippen MR) is 83.2 cm³/mol. The summed E-state index contributed by atoms with van der Waals surface area (Å²) in [6, 6.07) is 18.6. The number of ether oxygens (including phenoxy) is 1. The molecule has 2 aromatic rings. The zero-order chi connectivity index (χ0) is 14.8. The van der Waals surface area contributed by atoms with E-state index in [1.165, 1.54) is 16.7 Å². The Labute approximate surface area is 125 Å². The Morgan fingerprint density at radius 2 is 1.67 bits per heavy atom. The lowest BCUT2D eigenvalue weighted by molar-refractivity contribution is -0.144. The number of hydrogen-bond acceptors (Lipinski definition) is 2. The van der Waals surface area contributed by atoms with Crippen LogP contribution in [0.2, 0.25) is 0 Å². The van der Waals surface area contributed by atoms with Gasteiger partial charge in [-0.1, -0.05) is 54.6 Å². The quantitative estimate of drug-likeness (QED) is 0.790. The number of rotatable bonds is 4. The molecule has 0 spiro atoms. The Kier molecular flexibility index (Phi) is 3.78. The summed E-state index contributed by atoms with van der Waals surface area (Å²) in [5.41, 5.74) is 3.74. The molecule has 21 heavy (non-hydrogen) atoms. The second kappa shape index (κ2) is 5.72. The second-order valence-corrected chi connectivity index (χ2v) is 5.60. The molecule has 0 N–H and O–H groups in total. The van der Waals surface area contributed by atoms with Gasteiger partial charge in [-0.2, -0.15) is 0 Å². The molecule has 1 fully saturated rings. The first-order valence-corrected chi connectivity index (χ1v) is 7.51. The number of carbonyl (C=O) groups excluding carboxylic acids is 1. The van der Waals surface area contributed by atoms with Crippen LogP contribution in [0.4, 0.5) is 0 Å². The van der Waals surface area contributed by atoms with Gasteiger partial charge in [0.1, 0.15) is 0 Å². The number of esters is 1. The maximum absolute atomic E-state index is 12.3. The molecule has 1 saturated carbocycles. The van der Waals surface area contributed by atoms with Crippen molar-refractivity contribution in [2.24, 2.45) is 5.92 Å². The monoisotopic (exact) mass is 280 g/mol. The number of hydrogen-bond donors (Lipinski definition) is 0. The largest absolute Gasteiger partial charge is 0.466 e. The zero-order valence-corrected chi connectivity index (χ0v) is 12.5. The van der Waals surface area contributed by atoms with Gasteiger partial charge in [0.05, 0.1) is 12.5 Å². The van der Waals surface area contributed by atoms with Gasteiger partial charge in [0.2, 0.25) is 0 Å². The Bertz CT molecular complexity index is 633. The third kappa shape index (κ3) is 2.58. The first-order valence-electron chi connectivity index (χ1n) is 7.51. The highest BCUT2D eigenvalue weighted by molar-refractivity contribution is 5.80. The fraction of sp³-hybridized carbons (Fsp3) is 0.316. The van der Waals surface area contributed by atoms with Crippen molar-refractivity contribution in [1.29, 1.82) is 0 Å². The molecule has 0 aliphatic heterocycles. The van der Waals surface area contributed by atoms with Gasteiger partial charge in [0.25, 0.3) is 0 Å². The van der Waals surface area contributed by atoms with Crippen molar-refractivity contribution in [2.45, 2.75) is 25.7 Å². The van der Waals surface area contributed by atoms with E-state index < -0.39 is 0 Å². The first-order chi connectivity index (χ1) is 10.2. The summed E-state index contributed by atoms with van der Waals surface area (Å²) < 4.78 is 5.27. The summed E-state index contributed by atoms with van der Waals surface area (Å²) in [5, 5.41) is 0.